The normalized spacial score (nSPS) is 10.8. The predicted octanol–water partition coefficient (Wildman–Crippen LogP) is 4.29. The summed E-state index contributed by atoms with van der Waals surface area (Å²) in [7, 11) is 0. The van der Waals surface area contributed by atoms with Crippen molar-refractivity contribution in [3.05, 3.63) is 59.6 Å². The number of nitrogens with one attached hydrogen (secondary N) is 1. The molecular weight excluding hydrogens is 218 g/mol. The average molecular weight is 227 g/mol. The third-order valence-electron chi connectivity index (χ3n) is 2.58. The molecule has 0 atom stereocenters. The zero-order valence-corrected chi connectivity index (χ0v) is 9.25. The van der Waals surface area contributed by atoms with Gasteiger partial charge in [-0.2, -0.15) is 0 Å². The van der Waals surface area contributed by atoms with E-state index < -0.39 is 0 Å². The van der Waals surface area contributed by atoms with E-state index in [1.54, 1.807) is 0 Å². The molecule has 0 aliphatic carbocycles. The highest BCUT2D eigenvalue weighted by Gasteiger charge is 2.02. The Balaban J connectivity index is 2.19. The molecule has 0 saturated carbocycles. The topological polar surface area (TPSA) is 15.8 Å². The third kappa shape index (κ3) is 1.59. The van der Waals surface area contributed by atoms with E-state index >= 15 is 0 Å². The van der Waals surface area contributed by atoms with E-state index in [1.165, 1.54) is 5.39 Å². The van der Waals surface area contributed by atoms with Gasteiger partial charge in [-0.25, -0.2) is 0 Å². The third-order valence-corrected chi connectivity index (χ3v) is 2.82. The fraction of sp³-hybridized carbons (Fsp3) is 0. The maximum absolute atomic E-state index is 5.96. The van der Waals surface area contributed by atoms with Gasteiger partial charge in [0.15, 0.2) is 0 Å². The minimum Gasteiger partial charge on any atom is -0.355 e. The Morgan fingerprint density at radius 1 is 1.06 bits per heavy atom. The van der Waals surface area contributed by atoms with Crippen LogP contribution >= 0.6 is 11.6 Å². The SMILES string of the molecule is Clc1cc[c]c(-c2cc3ccccc3[nH]2)c1. The Morgan fingerprint density at radius 3 is 2.75 bits per heavy atom. The van der Waals surface area contributed by atoms with Gasteiger partial charge in [-0.3, -0.25) is 0 Å². The summed E-state index contributed by atoms with van der Waals surface area (Å²) in [5.41, 5.74) is 3.17. The zero-order valence-electron chi connectivity index (χ0n) is 8.50. The van der Waals surface area contributed by atoms with E-state index in [2.05, 4.69) is 29.2 Å². The van der Waals surface area contributed by atoms with E-state index in [4.69, 9.17) is 11.6 Å². The van der Waals surface area contributed by atoms with Crippen molar-refractivity contribution in [1.29, 1.82) is 0 Å². The summed E-state index contributed by atoms with van der Waals surface area (Å²) in [4.78, 5) is 3.35. The van der Waals surface area contributed by atoms with Gasteiger partial charge in [-0.15, -0.1) is 0 Å². The Morgan fingerprint density at radius 2 is 1.94 bits per heavy atom. The van der Waals surface area contributed by atoms with Gasteiger partial charge in [-0.05, 0) is 30.3 Å². The van der Waals surface area contributed by atoms with Crippen molar-refractivity contribution in [2.24, 2.45) is 0 Å². The lowest BCUT2D eigenvalue weighted by atomic mass is 10.1. The first-order chi connectivity index (χ1) is 7.83. The lowest BCUT2D eigenvalue weighted by Gasteiger charge is -1.96. The van der Waals surface area contributed by atoms with Gasteiger partial charge in [0, 0.05) is 27.2 Å². The Kier molecular flexibility index (Phi) is 2.19. The van der Waals surface area contributed by atoms with Crippen LogP contribution in [0.15, 0.2) is 48.5 Å². The number of fused-ring (bicyclic) bond motifs is 1. The standard InChI is InChI=1S/C14H9ClN/c15-12-6-3-5-10(8-12)14-9-11-4-1-2-7-13(11)16-14/h1-4,6-9,16H. The van der Waals surface area contributed by atoms with Crippen molar-refractivity contribution in [1.82, 2.24) is 4.98 Å². The van der Waals surface area contributed by atoms with E-state index in [9.17, 15) is 0 Å². The lowest BCUT2D eigenvalue weighted by Crippen LogP contribution is -1.76. The number of aromatic amines is 1. The summed E-state index contributed by atoms with van der Waals surface area (Å²) in [6, 6.07) is 19.0. The highest BCUT2D eigenvalue weighted by atomic mass is 35.5. The molecule has 0 spiro atoms. The van der Waals surface area contributed by atoms with Crippen molar-refractivity contribution in [2.45, 2.75) is 0 Å². The average Bonchev–Trinajstić information content (AvgIpc) is 2.72. The van der Waals surface area contributed by atoms with Crippen LogP contribution in [0.2, 0.25) is 5.02 Å². The number of halogens is 1. The molecule has 0 amide bonds. The maximum atomic E-state index is 5.96. The molecule has 0 unspecified atom stereocenters. The maximum Gasteiger partial charge on any atom is 0.0471 e. The van der Waals surface area contributed by atoms with Gasteiger partial charge >= 0.3 is 0 Å². The van der Waals surface area contributed by atoms with Crippen LogP contribution in [0.1, 0.15) is 0 Å². The first-order valence-electron chi connectivity index (χ1n) is 5.08. The second-order valence-corrected chi connectivity index (χ2v) is 4.13. The van der Waals surface area contributed by atoms with E-state index in [1.807, 2.05) is 30.3 Å². The van der Waals surface area contributed by atoms with Gasteiger partial charge in [0.2, 0.25) is 0 Å². The number of hydrogen-bond acceptors (Lipinski definition) is 0. The van der Waals surface area contributed by atoms with Crippen molar-refractivity contribution in [3.63, 3.8) is 0 Å². The molecule has 1 aromatic heterocycles. The van der Waals surface area contributed by atoms with Crippen molar-refractivity contribution < 1.29 is 0 Å². The number of aromatic nitrogens is 1. The molecule has 2 aromatic carbocycles. The fourth-order valence-electron chi connectivity index (χ4n) is 1.81. The van der Waals surface area contributed by atoms with Crippen LogP contribution in [-0.2, 0) is 0 Å². The van der Waals surface area contributed by atoms with Crippen LogP contribution in [-0.4, -0.2) is 4.98 Å². The molecule has 3 aromatic rings. The van der Waals surface area contributed by atoms with Crippen LogP contribution < -0.4 is 0 Å². The number of benzene rings is 2. The molecule has 16 heavy (non-hydrogen) atoms. The molecule has 1 N–H and O–H groups in total. The molecule has 0 bridgehead atoms. The first kappa shape index (κ1) is 9.49. The molecule has 0 fully saturated rings. The quantitative estimate of drug-likeness (QED) is 0.637. The second-order valence-electron chi connectivity index (χ2n) is 3.69. The van der Waals surface area contributed by atoms with Crippen molar-refractivity contribution in [2.75, 3.05) is 0 Å². The summed E-state index contributed by atoms with van der Waals surface area (Å²) in [6.45, 7) is 0. The highest BCUT2D eigenvalue weighted by Crippen LogP contribution is 2.25. The number of para-hydroxylation sites is 1. The molecule has 0 aliphatic heterocycles. The molecule has 3 rings (SSSR count). The summed E-state index contributed by atoms with van der Waals surface area (Å²) in [5.74, 6) is 0. The summed E-state index contributed by atoms with van der Waals surface area (Å²) >= 11 is 5.96. The van der Waals surface area contributed by atoms with Crippen LogP contribution in [0.5, 0.6) is 0 Å². The minimum absolute atomic E-state index is 0.729. The van der Waals surface area contributed by atoms with Crippen molar-refractivity contribution >= 4 is 22.5 Å². The van der Waals surface area contributed by atoms with E-state index in [-0.39, 0.29) is 0 Å². The number of H-pyrrole nitrogens is 1. The molecule has 1 heterocycles. The van der Waals surface area contributed by atoms with Gasteiger partial charge < -0.3 is 4.98 Å². The first-order valence-corrected chi connectivity index (χ1v) is 5.46. The zero-order chi connectivity index (χ0) is 11.0. The summed E-state index contributed by atoms with van der Waals surface area (Å²) in [5, 5.41) is 1.93. The number of rotatable bonds is 1. The van der Waals surface area contributed by atoms with Gasteiger partial charge in [0.25, 0.3) is 0 Å². The van der Waals surface area contributed by atoms with Gasteiger partial charge in [0.1, 0.15) is 0 Å². The van der Waals surface area contributed by atoms with Crippen LogP contribution in [0.4, 0.5) is 0 Å². The monoisotopic (exact) mass is 226 g/mol. The second kappa shape index (κ2) is 3.69. The number of hydrogen-bond donors (Lipinski definition) is 1. The fourth-order valence-corrected chi connectivity index (χ4v) is 1.98. The molecular formula is C14H9ClN. The molecule has 2 heteroatoms. The molecule has 0 saturated heterocycles. The predicted molar refractivity (Wildman–Crippen MR) is 67.6 cm³/mol. The van der Waals surface area contributed by atoms with E-state index in [0.29, 0.717) is 0 Å². The van der Waals surface area contributed by atoms with E-state index in [0.717, 1.165) is 21.8 Å². The van der Waals surface area contributed by atoms with Crippen LogP contribution in [0, 0.1) is 6.07 Å². The lowest BCUT2D eigenvalue weighted by molar-refractivity contribution is 1.45. The Bertz CT molecular complexity index is 607. The Hall–Kier alpha value is -1.73. The molecule has 1 radical (unpaired) electrons. The minimum atomic E-state index is 0.729. The van der Waals surface area contributed by atoms with Crippen LogP contribution in [0.25, 0.3) is 22.2 Å². The van der Waals surface area contributed by atoms with Crippen LogP contribution in [0.3, 0.4) is 0 Å². The highest BCUT2D eigenvalue weighted by molar-refractivity contribution is 6.30. The smallest absolute Gasteiger partial charge is 0.0471 e. The van der Waals surface area contributed by atoms with Gasteiger partial charge in [-0.1, -0.05) is 35.9 Å². The largest absolute Gasteiger partial charge is 0.355 e. The van der Waals surface area contributed by atoms with Gasteiger partial charge in [0.05, 0.1) is 0 Å². The molecule has 1 nitrogen and oxygen atoms in total. The Labute approximate surface area is 98.7 Å². The summed E-state index contributed by atoms with van der Waals surface area (Å²) in [6.07, 6.45) is 0. The molecule has 0 aliphatic rings. The summed E-state index contributed by atoms with van der Waals surface area (Å²) < 4.78 is 0. The molecule has 77 valence electrons. The van der Waals surface area contributed by atoms with Crippen molar-refractivity contribution in [3.8, 4) is 11.3 Å².